The normalized spacial score (nSPS) is 14.3. The van der Waals surface area contributed by atoms with Gasteiger partial charge in [0.25, 0.3) is 11.2 Å². The van der Waals surface area contributed by atoms with Crippen molar-refractivity contribution < 1.29 is 28.7 Å². The maximum atomic E-state index is 14.1. The molecule has 1 aromatic heterocycles. The number of nitro groups is 1. The van der Waals surface area contributed by atoms with E-state index in [9.17, 15) is 19.7 Å². The Labute approximate surface area is 268 Å². The first kappa shape index (κ1) is 32.2. The number of thiazole rings is 1. The van der Waals surface area contributed by atoms with Crippen molar-refractivity contribution in [3.8, 4) is 17.2 Å². The van der Waals surface area contributed by atoms with Gasteiger partial charge in [-0.25, -0.2) is 9.79 Å². The maximum absolute atomic E-state index is 14.1. The standard InChI is InChI=1S/C34H33N3O8S/c1-5-42-26-11-9-8-10-25(26)31-30(33(39)44-7-3)21(4)35-34-36(31)32(38)29(46-34)19-23-14-17-27(28(18-23)43-6-2)45-20-22-12-15-24(16-13-22)37(40)41/h8-19,31H,5-7,20H2,1-4H3/b29-19-/t31-/m1/s1. The van der Waals surface area contributed by atoms with Crippen LogP contribution in [-0.2, 0) is 16.1 Å². The van der Waals surface area contributed by atoms with Crippen molar-refractivity contribution in [3.63, 3.8) is 0 Å². The third-order valence-electron chi connectivity index (χ3n) is 7.14. The molecule has 46 heavy (non-hydrogen) atoms. The second kappa shape index (κ2) is 14.2. The Morgan fingerprint density at radius 2 is 1.67 bits per heavy atom. The summed E-state index contributed by atoms with van der Waals surface area (Å²) in [6.07, 6.45) is 1.75. The number of carbonyl (C=O) groups excluding carboxylic acids is 1. The first-order chi connectivity index (χ1) is 22.2. The number of esters is 1. The number of fused-ring (bicyclic) bond motifs is 1. The summed E-state index contributed by atoms with van der Waals surface area (Å²) < 4.78 is 25.1. The summed E-state index contributed by atoms with van der Waals surface area (Å²) in [5, 5.41) is 11.0. The lowest BCUT2D eigenvalue weighted by Gasteiger charge is -2.26. The Balaban J connectivity index is 1.54. The molecule has 0 unspecified atom stereocenters. The molecule has 3 aromatic carbocycles. The minimum absolute atomic E-state index is 0.00508. The molecule has 4 aromatic rings. The molecule has 2 heterocycles. The van der Waals surface area contributed by atoms with Gasteiger partial charge in [-0.3, -0.25) is 19.5 Å². The molecule has 0 bridgehead atoms. The highest BCUT2D eigenvalue weighted by molar-refractivity contribution is 7.07. The molecule has 0 spiro atoms. The molecule has 0 N–H and O–H groups in total. The number of carbonyl (C=O) groups is 1. The minimum atomic E-state index is -0.797. The molecular weight excluding hydrogens is 610 g/mol. The zero-order valence-electron chi connectivity index (χ0n) is 25.8. The Kier molecular flexibility index (Phi) is 9.97. The monoisotopic (exact) mass is 643 g/mol. The molecule has 5 rings (SSSR count). The van der Waals surface area contributed by atoms with Crippen molar-refractivity contribution in [1.82, 2.24) is 4.57 Å². The molecule has 12 heteroatoms. The fourth-order valence-electron chi connectivity index (χ4n) is 5.11. The smallest absolute Gasteiger partial charge is 0.338 e. The molecule has 11 nitrogen and oxygen atoms in total. The zero-order valence-corrected chi connectivity index (χ0v) is 26.7. The van der Waals surface area contributed by atoms with Gasteiger partial charge in [0.2, 0.25) is 0 Å². The largest absolute Gasteiger partial charge is 0.494 e. The molecule has 0 saturated heterocycles. The topological polar surface area (TPSA) is 131 Å². The number of hydrogen-bond donors (Lipinski definition) is 0. The van der Waals surface area contributed by atoms with Crippen molar-refractivity contribution in [2.24, 2.45) is 4.99 Å². The van der Waals surface area contributed by atoms with E-state index in [1.165, 1.54) is 28.0 Å². The third-order valence-corrected chi connectivity index (χ3v) is 8.12. The predicted molar refractivity (Wildman–Crippen MR) is 173 cm³/mol. The number of para-hydroxylation sites is 1. The lowest BCUT2D eigenvalue weighted by atomic mass is 9.95. The Bertz CT molecular complexity index is 1980. The van der Waals surface area contributed by atoms with Crippen LogP contribution in [0.15, 0.2) is 87.8 Å². The average molecular weight is 644 g/mol. The summed E-state index contributed by atoms with van der Waals surface area (Å²) in [6.45, 7) is 8.35. The van der Waals surface area contributed by atoms with E-state index in [1.807, 2.05) is 44.2 Å². The SMILES string of the molecule is CCOC(=O)C1=C(C)N=c2s/c(=C\c3ccc(OCc4ccc([N+](=O)[O-])cc4)c(OCC)c3)c(=O)n2[C@@H]1c1ccccc1OCC. The van der Waals surface area contributed by atoms with Crippen molar-refractivity contribution in [2.75, 3.05) is 19.8 Å². The van der Waals surface area contributed by atoms with Gasteiger partial charge in [0, 0.05) is 17.7 Å². The molecule has 238 valence electrons. The number of ether oxygens (including phenoxy) is 4. The molecule has 0 fully saturated rings. The van der Waals surface area contributed by atoms with Crippen LogP contribution in [0.4, 0.5) is 5.69 Å². The van der Waals surface area contributed by atoms with E-state index < -0.39 is 16.9 Å². The van der Waals surface area contributed by atoms with Gasteiger partial charge in [0.05, 0.1) is 40.5 Å². The lowest BCUT2D eigenvalue weighted by Crippen LogP contribution is -2.40. The van der Waals surface area contributed by atoms with Crippen molar-refractivity contribution in [2.45, 2.75) is 40.3 Å². The molecule has 0 saturated carbocycles. The van der Waals surface area contributed by atoms with Crippen LogP contribution < -0.4 is 29.1 Å². The maximum Gasteiger partial charge on any atom is 0.338 e. The van der Waals surface area contributed by atoms with E-state index >= 15 is 0 Å². The molecule has 1 aliphatic rings. The molecule has 1 atom stereocenters. The molecule has 0 radical (unpaired) electrons. The van der Waals surface area contributed by atoms with Gasteiger partial charge in [-0.1, -0.05) is 35.6 Å². The van der Waals surface area contributed by atoms with E-state index in [2.05, 4.69) is 4.99 Å². The van der Waals surface area contributed by atoms with Crippen LogP contribution >= 0.6 is 11.3 Å². The number of non-ortho nitro benzene ring substituents is 1. The van der Waals surface area contributed by atoms with E-state index in [4.69, 9.17) is 18.9 Å². The summed E-state index contributed by atoms with van der Waals surface area (Å²) in [7, 11) is 0. The van der Waals surface area contributed by atoms with E-state index in [1.54, 1.807) is 44.2 Å². The first-order valence-corrected chi connectivity index (χ1v) is 15.6. The molecule has 1 aliphatic heterocycles. The van der Waals surface area contributed by atoms with Gasteiger partial charge in [0.1, 0.15) is 18.4 Å². The van der Waals surface area contributed by atoms with Gasteiger partial charge in [-0.2, -0.15) is 0 Å². The van der Waals surface area contributed by atoms with Gasteiger partial charge in [-0.05, 0) is 75.2 Å². The Hall–Kier alpha value is -5.23. The summed E-state index contributed by atoms with van der Waals surface area (Å²) in [4.78, 5) is 42.9. The van der Waals surface area contributed by atoms with Gasteiger partial charge in [0.15, 0.2) is 16.3 Å². The number of hydrogen-bond acceptors (Lipinski definition) is 10. The van der Waals surface area contributed by atoms with Gasteiger partial charge in [-0.15, -0.1) is 0 Å². The number of nitro benzene ring substituents is 1. The number of allylic oxidation sites excluding steroid dienone is 1. The molecule has 0 aliphatic carbocycles. The summed E-state index contributed by atoms with van der Waals surface area (Å²) in [5.41, 5.74) is 2.55. The highest BCUT2D eigenvalue weighted by Gasteiger charge is 2.35. The number of aromatic nitrogens is 1. The van der Waals surface area contributed by atoms with Crippen LogP contribution in [0, 0.1) is 10.1 Å². The summed E-state index contributed by atoms with van der Waals surface area (Å²) >= 11 is 1.22. The fourth-order valence-corrected chi connectivity index (χ4v) is 6.15. The van der Waals surface area contributed by atoms with Crippen LogP contribution in [0.2, 0.25) is 0 Å². The van der Waals surface area contributed by atoms with Gasteiger partial charge >= 0.3 is 5.97 Å². The highest BCUT2D eigenvalue weighted by atomic mass is 32.1. The van der Waals surface area contributed by atoms with Crippen LogP contribution in [0.1, 0.15) is 50.4 Å². The number of nitrogens with zero attached hydrogens (tertiary/aromatic N) is 3. The van der Waals surface area contributed by atoms with Crippen LogP contribution in [0.25, 0.3) is 6.08 Å². The summed E-state index contributed by atoms with van der Waals surface area (Å²) in [5.74, 6) is 0.989. The average Bonchev–Trinajstić information content (AvgIpc) is 3.34. The van der Waals surface area contributed by atoms with Crippen molar-refractivity contribution in [1.29, 1.82) is 0 Å². The Morgan fingerprint density at radius 1 is 0.957 bits per heavy atom. The van der Waals surface area contributed by atoms with Gasteiger partial charge < -0.3 is 18.9 Å². The Morgan fingerprint density at radius 3 is 2.37 bits per heavy atom. The second-order valence-electron chi connectivity index (χ2n) is 10.1. The highest BCUT2D eigenvalue weighted by Crippen LogP contribution is 2.36. The molecular formula is C34H33N3O8S. The molecule has 0 amide bonds. The van der Waals surface area contributed by atoms with E-state index in [0.29, 0.717) is 56.6 Å². The predicted octanol–water partition coefficient (Wildman–Crippen LogP) is 5.08. The number of rotatable bonds is 12. The lowest BCUT2D eigenvalue weighted by molar-refractivity contribution is -0.384. The van der Waals surface area contributed by atoms with E-state index in [-0.39, 0.29) is 30.0 Å². The zero-order chi connectivity index (χ0) is 32.8. The summed E-state index contributed by atoms with van der Waals surface area (Å²) in [6, 6.07) is 18.0. The second-order valence-corrected chi connectivity index (χ2v) is 11.1. The van der Waals surface area contributed by atoms with Crippen molar-refractivity contribution in [3.05, 3.63) is 124 Å². The minimum Gasteiger partial charge on any atom is -0.494 e. The third kappa shape index (κ3) is 6.71. The number of benzene rings is 3. The van der Waals surface area contributed by atoms with Crippen LogP contribution in [0.3, 0.4) is 0 Å². The van der Waals surface area contributed by atoms with E-state index in [0.717, 1.165) is 5.56 Å². The quantitative estimate of drug-likeness (QED) is 0.119. The first-order valence-electron chi connectivity index (χ1n) is 14.8. The van der Waals surface area contributed by atoms with Crippen LogP contribution in [-0.4, -0.2) is 35.3 Å². The van der Waals surface area contributed by atoms with Crippen LogP contribution in [0.5, 0.6) is 17.2 Å². The van der Waals surface area contributed by atoms with Crippen molar-refractivity contribution >= 4 is 29.1 Å². The fraction of sp³-hybridized carbons (Fsp3) is 0.265.